The maximum absolute atomic E-state index is 13.2. The first-order valence-electron chi connectivity index (χ1n) is 7.51. The summed E-state index contributed by atoms with van der Waals surface area (Å²) in [5, 5.41) is 9.27. The van der Waals surface area contributed by atoms with Crippen molar-refractivity contribution in [3.05, 3.63) is 0 Å². The van der Waals surface area contributed by atoms with E-state index in [1.54, 1.807) is 0 Å². The number of nitrogens with zero attached hydrogens (tertiary/aromatic N) is 1. The van der Waals surface area contributed by atoms with Gasteiger partial charge in [-0.15, -0.1) is 0 Å². The summed E-state index contributed by atoms with van der Waals surface area (Å²) in [5.74, 6) is -2.71. The fraction of sp³-hybridized carbons (Fsp3) is 0.800. The molecule has 5 nitrogen and oxygen atoms in total. The molecule has 126 valence electrons. The molecular formula is C15H16F3NO4. The standard InChI is InChI=1S/C15H16F3NO4/c1-3-13(2,15(16,17)18)11(20)22-9-7-4-8-10(9)23-12(21)14(8,5-7)6-19/h7-10H,3-5H2,1-2H3. The first-order chi connectivity index (χ1) is 10.6. The monoisotopic (exact) mass is 331 g/mol. The molecule has 3 fully saturated rings. The second-order valence-corrected chi connectivity index (χ2v) is 6.81. The van der Waals surface area contributed by atoms with Gasteiger partial charge in [0, 0.05) is 11.8 Å². The highest BCUT2D eigenvalue weighted by Crippen LogP contribution is 2.62. The van der Waals surface area contributed by atoms with Crippen LogP contribution in [-0.2, 0) is 19.1 Å². The Balaban J connectivity index is 1.81. The normalized spacial score (nSPS) is 40.4. The van der Waals surface area contributed by atoms with E-state index in [1.165, 1.54) is 6.92 Å². The lowest BCUT2D eigenvalue weighted by molar-refractivity contribution is -0.236. The third-order valence-electron chi connectivity index (χ3n) is 5.79. The Morgan fingerprint density at radius 3 is 2.70 bits per heavy atom. The number of fused-ring (bicyclic) bond motifs is 1. The van der Waals surface area contributed by atoms with E-state index in [0.29, 0.717) is 6.42 Å². The predicted molar refractivity (Wildman–Crippen MR) is 68.5 cm³/mol. The van der Waals surface area contributed by atoms with E-state index in [0.717, 1.165) is 6.92 Å². The number of rotatable bonds is 3. The second-order valence-electron chi connectivity index (χ2n) is 6.81. The molecular weight excluding hydrogens is 315 g/mol. The Morgan fingerprint density at radius 2 is 2.17 bits per heavy atom. The summed E-state index contributed by atoms with van der Waals surface area (Å²) in [5.41, 5.74) is -3.81. The molecule has 3 rings (SSSR count). The number of ether oxygens (including phenoxy) is 2. The Bertz CT molecular complexity index is 613. The van der Waals surface area contributed by atoms with E-state index in [9.17, 15) is 28.0 Å². The predicted octanol–water partition coefficient (Wildman–Crippen LogP) is 2.35. The average Bonchev–Trinajstić information content (AvgIpc) is 3.06. The summed E-state index contributed by atoms with van der Waals surface area (Å²) in [4.78, 5) is 24.1. The molecule has 1 saturated heterocycles. The van der Waals surface area contributed by atoms with E-state index < -0.39 is 53.5 Å². The number of hydrogen-bond donors (Lipinski definition) is 0. The fourth-order valence-corrected chi connectivity index (χ4v) is 4.00. The van der Waals surface area contributed by atoms with Crippen LogP contribution in [0.3, 0.4) is 0 Å². The molecule has 1 heterocycles. The van der Waals surface area contributed by atoms with Gasteiger partial charge in [-0.3, -0.25) is 9.59 Å². The molecule has 0 aromatic rings. The molecule has 0 amide bonds. The van der Waals surface area contributed by atoms with E-state index >= 15 is 0 Å². The molecule has 2 saturated carbocycles. The number of halogens is 3. The lowest BCUT2D eigenvalue weighted by atomic mass is 9.74. The molecule has 6 unspecified atom stereocenters. The molecule has 0 radical (unpaired) electrons. The van der Waals surface area contributed by atoms with Crippen LogP contribution in [-0.4, -0.2) is 30.3 Å². The van der Waals surface area contributed by atoms with Crippen molar-refractivity contribution in [2.75, 3.05) is 0 Å². The zero-order chi connectivity index (χ0) is 17.2. The summed E-state index contributed by atoms with van der Waals surface area (Å²) in [6.07, 6.45) is -6.23. The number of hydrogen-bond acceptors (Lipinski definition) is 5. The first-order valence-corrected chi connectivity index (χ1v) is 7.51. The van der Waals surface area contributed by atoms with Gasteiger partial charge in [0.2, 0.25) is 0 Å². The zero-order valence-corrected chi connectivity index (χ0v) is 12.6. The van der Waals surface area contributed by atoms with Crippen LogP contribution in [0.15, 0.2) is 0 Å². The quantitative estimate of drug-likeness (QED) is 0.742. The van der Waals surface area contributed by atoms with Crippen LogP contribution in [0.5, 0.6) is 0 Å². The van der Waals surface area contributed by atoms with Gasteiger partial charge in [-0.2, -0.15) is 18.4 Å². The number of carbonyl (C=O) groups is 2. The van der Waals surface area contributed by atoms with Crippen LogP contribution in [0.4, 0.5) is 13.2 Å². The van der Waals surface area contributed by atoms with Crippen LogP contribution in [0.2, 0.25) is 0 Å². The van der Waals surface area contributed by atoms with Gasteiger partial charge in [-0.1, -0.05) is 6.92 Å². The van der Waals surface area contributed by atoms with Crippen LogP contribution in [0.25, 0.3) is 0 Å². The lowest BCUT2D eigenvalue weighted by Crippen LogP contribution is -2.47. The van der Waals surface area contributed by atoms with Crippen molar-refractivity contribution in [2.24, 2.45) is 22.7 Å². The lowest BCUT2D eigenvalue weighted by Gasteiger charge is -2.33. The number of nitriles is 1. The van der Waals surface area contributed by atoms with Gasteiger partial charge in [0.1, 0.15) is 12.2 Å². The molecule has 0 N–H and O–H groups in total. The second kappa shape index (κ2) is 4.62. The molecule has 2 bridgehead atoms. The van der Waals surface area contributed by atoms with Gasteiger partial charge in [-0.25, -0.2) is 0 Å². The summed E-state index contributed by atoms with van der Waals surface area (Å²) in [7, 11) is 0. The highest BCUT2D eigenvalue weighted by atomic mass is 19.4. The number of carbonyl (C=O) groups excluding carboxylic acids is 2. The highest BCUT2D eigenvalue weighted by Gasteiger charge is 2.72. The summed E-state index contributed by atoms with van der Waals surface area (Å²) in [6, 6.07) is 1.99. The minimum atomic E-state index is -4.72. The van der Waals surface area contributed by atoms with Gasteiger partial charge in [0.15, 0.2) is 10.8 Å². The van der Waals surface area contributed by atoms with Gasteiger partial charge in [-0.05, 0) is 26.2 Å². The Labute approximate surface area is 130 Å². The summed E-state index contributed by atoms with van der Waals surface area (Å²) < 4.78 is 49.8. The largest absolute Gasteiger partial charge is 0.457 e. The van der Waals surface area contributed by atoms with Crippen LogP contribution in [0, 0.1) is 34.0 Å². The molecule has 0 spiro atoms. The molecule has 6 atom stereocenters. The van der Waals surface area contributed by atoms with Crippen LogP contribution < -0.4 is 0 Å². The first kappa shape index (κ1) is 16.1. The molecule has 3 aliphatic rings. The zero-order valence-electron chi connectivity index (χ0n) is 12.6. The van der Waals surface area contributed by atoms with Gasteiger partial charge < -0.3 is 9.47 Å². The van der Waals surface area contributed by atoms with E-state index in [2.05, 4.69) is 0 Å². The van der Waals surface area contributed by atoms with Crippen molar-refractivity contribution in [3.63, 3.8) is 0 Å². The van der Waals surface area contributed by atoms with Crippen molar-refractivity contribution in [2.45, 2.75) is 51.5 Å². The molecule has 1 aliphatic heterocycles. The van der Waals surface area contributed by atoms with Crippen LogP contribution in [0.1, 0.15) is 33.1 Å². The van der Waals surface area contributed by atoms with Crippen molar-refractivity contribution < 1.29 is 32.2 Å². The summed E-state index contributed by atoms with van der Waals surface area (Å²) >= 11 is 0. The SMILES string of the molecule is CCC(C)(C(=O)OC1C2CC3C1OC(=O)C3(C#N)C2)C(F)(F)F. The maximum Gasteiger partial charge on any atom is 0.404 e. The molecule has 0 aromatic heterocycles. The molecule has 2 aliphatic carbocycles. The number of alkyl halides is 3. The van der Waals surface area contributed by atoms with E-state index in [1.807, 2.05) is 6.07 Å². The number of esters is 2. The van der Waals surface area contributed by atoms with E-state index in [-0.39, 0.29) is 12.3 Å². The molecule has 8 heteroatoms. The van der Waals surface area contributed by atoms with Crippen molar-refractivity contribution in [3.8, 4) is 6.07 Å². The third-order valence-corrected chi connectivity index (χ3v) is 5.79. The third kappa shape index (κ3) is 1.85. The molecule has 23 heavy (non-hydrogen) atoms. The molecule has 0 aromatic carbocycles. The van der Waals surface area contributed by atoms with Crippen molar-refractivity contribution >= 4 is 11.9 Å². The van der Waals surface area contributed by atoms with Gasteiger partial charge in [0.05, 0.1) is 6.07 Å². The van der Waals surface area contributed by atoms with Crippen molar-refractivity contribution in [1.29, 1.82) is 5.26 Å². The minimum absolute atomic E-state index is 0.177. The Morgan fingerprint density at radius 1 is 1.52 bits per heavy atom. The highest BCUT2D eigenvalue weighted by molar-refractivity contribution is 5.85. The maximum atomic E-state index is 13.2. The van der Waals surface area contributed by atoms with Gasteiger partial charge >= 0.3 is 18.1 Å². The van der Waals surface area contributed by atoms with E-state index in [4.69, 9.17) is 9.47 Å². The van der Waals surface area contributed by atoms with Crippen LogP contribution >= 0.6 is 0 Å². The topological polar surface area (TPSA) is 76.4 Å². The smallest absolute Gasteiger partial charge is 0.404 e. The average molecular weight is 331 g/mol. The van der Waals surface area contributed by atoms with Crippen molar-refractivity contribution in [1.82, 2.24) is 0 Å². The Kier molecular flexibility index (Phi) is 3.23. The minimum Gasteiger partial charge on any atom is -0.457 e. The Hall–Kier alpha value is -1.78. The fourth-order valence-electron chi connectivity index (χ4n) is 4.00. The summed E-state index contributed by atoms with van der Waals surface area (Å²) in [6.45, 7) is 2.08. The van der Waals surface area contributed by atoms with Gasteiger partial charge in [0.25, 0.3) is 0 Å².